The first-order valence-corrected chi connectivity index (χ1v) is 10.1. The van der Waals surface area contributed by atoms with E-state index >= 15 is 0 Å². The van der Waals surface area contributed by atoms with Crippen molar-refractivity contribution in [1.29, 1.82) is 0 Å². The molecule has 0 aromatic heterocycles. The summed E-state index contributed by atoms with van der Waals surface area (Å²) in [6, 6.07) is -6.46. The van der Waals surface area contributed by atoms with Crippen LogP contribution in [0.5, 0.6) is 0 Å². The zero-order valence-electron chi connectivity index (χ0n) is 18.5. The van der Waals surface area contributed by atoms with Crippen LogP contribution in [-0.2, 0) is 38.4 Å². The Balaban J connectivity index is 5.53. The summed E-state index contributed by atoms with van der Waals surface area (Å²) in [5.41, 5.74) is 20.6. The van der Waals surface area contributed by atoms with Crippen LogP contribution in [0, 0.1) is 0 Å². The molecule has 0 bridgehead atoms. The normalized spacial score (nSPS) is 13.9. The quantitative estimate of drug-likeness (QED) is 0.0902. The molecule has 0 aromatic rings. The molecule has 0 aliphatic rings. The van der Waals surface area contributed by atoms with Crippen LogP contribution >= 0.6 is 0 Å². The van der Waals surface area contributed by atoms with Gasteiger partial charge in [0.15, 0.2) is 0 Å². The van der Waals surface area contributed by atoms with Gasteiger partial charge in [0.05, 0.1) is 18.9 Å². The van der Waals surface area contributed by atoms with E-state index in [0.29, 0.717) is 0 Å². The Morgan fingerprint density at radius 2 is 1.03 bits per heavy atom. The number of nitrogens with one attached hydrogen (secondary N) is 3. The summed E-state index contributed by atoms with van der Waals surface area (Å²) in [6.45, 7) is 0. The molecule has 6 amide bonds. The minimum absolute atomic E-state index is 0.197. The molecule has 4 atom stereocenters. The molecule has 13 N–H and O–H groups in total. The number of rotatable bonds is 17. The summed E-state index contributed by atoms with van der Waals surface area (Å²) in [5, 5.41) is 24.3. The number of carbonyl (C=O) groups excluding carboxylic acids is 6. The lowest BCUT2D eigenvalue weighted by atomic mass is 10.1. The summed E-state index contributed by atoms with van der Waals surface area (Å²) in [4.78, 5) is 92.9. The number of carbonyl (C=O) groups is 8. The van der Waals surface area contributed by atoms with Crippen LogP contribution in [-0.4, -0.2) is 81.8 Å². The van der Waals surface area contributed by atoms with Crippen LogP contribution in [0.25, 0.3) is 0 Å². The average Bonchev–Trinajstić information content (AvgIpc) is 2.72. The number of primary amides is 3. The lowest BCUT2D eigenvalue weighted by Crippen LogP contribution is -2.58. The van der Waals surface area contributed by atoms with Crippen molar-refractivity contribution in [1.82, 2.24) is 16.0 Å². The zero-order valence-corrected chi connectivity index (χ0v) is 18.5. The van der Waals surface area contributed by atoms with Crippen molar-refractivity contribution in [3.05, 3.63) is 0 Å². The van der Waals surface area contributed by atoms with E-state index < -0.39 is 97.2 Å². The average molecular weight is 503 g/mol. The SMILES string of the molecule is NC(=O)CCC(N)C(=O)NC(CC(=O)O)C(=O)NC(CC(N)=O)C(=O)NC(CCC(N)=O)C(=O)O. The van der Waals surface area contributed by atoms with Crippen LogP contribution in [0.3, 0.4) is 0 Å². The maximum Gasteiger partial charge on any atom is 0.326 e. The van der Waals surface area contributed by atoms with E-state index in [1.807, 2.05) is 10.6 Å². The fraction of sp³-hybridized carbons (Fsp3) is 0.556. The van der Waals surface area contributed by atoms with Gasteiger partial charge in [0, 0.05) is 12.8 Å². The number of amides is 6. The second-order valence-corrected chi connectivity index (χ2v) is 7.41. The van der Waals surface area contributed by atoms with Crippen LogP contribution in [0.15, 0.2) is 0 Å². The number of nitrogens with two attached hydrogens (primary N) is 4. The van der Waals surface area contributed by atoms with Gasteiger partial charge in [-0.1, -0.05) is 0 Å². The van der Waals surface area contributed by atoms with Crippen molar-refractivity contribution in [3.63, 3.8) is 0 Å². The third kappa shape index (κ3) is 13.1. The van der Waals surface area contributed by atoms with Crippen LogP contribution < -0.4 is 38.9 Å². The molecule has 0 aliphatic heterocycles. The summed E-state index contributed by atoms with van der Waals surface area (Å²) in [7, 11) is 0. The van der Waals surface area contributed by atoms with Crippen molar-refractivity contribution < 1.29 is 48.6 Å². The monoisotopic (exact) mass is 503 g/mol. The van der Waals surface area contributed by atoms with E-state index in [0.717, 1.165) is 0 Å². The molecule has 0 rings (SSSR count). The van der Waals surface area contributed by atoms with Crippen LogP contribution in [0.4, 0.5) is 0 Å². The number of carboxylic acids is 2. The molecule has 196 valence electrons. The Kier molecular flexibility index (Phi) is 13.0. The van der Waals surface area contributed by atoms with Gasteiger partial charge in [0.2, 0.25) is 35.4 Å². The highest BCUT2D eigenvalue weighted by atomic mass is 16.4. The molecule has 0 spiro atoms. The molecule has 0 heterocycles. The molecular weight excluding hydrogens is 474 g/mol. The highest BCUT2D eigenvalue weighted by Gasteiger charge is 2.32. The predicted molar refractivity (Wildman–Crippen MR) is 114 cm³/mol. The lowest BCUT2D eigenvalue weighted by molar-refractivity contribution is -0.143. The molecule has 0 fully saturated rings. The molecule has 17 heteroatoms. The van der Waals surface area contributed by atoms with Crippen LogP contribution in [0.1, 0.15) is 38.5 Å². The minimum Gasteiger partial charge on any atom is -0.481 e. The predicted octanol–water partition coefficient (Wildman–Crippen LogP) is -5.27. The van der Waals surface area contributed by atoms with Gasteiger partial charge in [-0.15, -0.1) is 0 Å². The molecule has 17 nitrogen and oxygen atoms in total. The first-order valence-electron chi connectivity index (χ1n) is 10.1. The Morgan fingerprint density at radius 1 is 0.600 bits per heavy atom. The largest absolute Gasteiger partial charge is 0.481 e. The maximum absolute atomic E-state index is 12.6. The second kappa shape index (κ2) is 14.8. The van der Waals surface area contributed by atoms with Crippen molar-refractivity contribution >= 4 is 47.4 Å². The molecule has 0 saturated carbocycles. The number of aliphatic carboxylic acids is 2. The van der Waals surface area contributed by atoms with Gasteiger partial charge in [-0.3, -0.25) is 33.6 Å². The topological polar surface area (TPSA) is 317 Å². The lowest BCUT2D eigenvalue weighted by Gasteiger charge is -2.24. The minimum atomic E-state index is -1.77. The van der Waals surface area contributed by atoms with Gasteiger partial charge in [-0.2, -0.15) is 0 Å². The fourth-order valence-electron chi connectivity index (χ4n) is 2.59. The molecule has 0 aliphatic carbocycles. The Labute approximate surface area is 198 Å². The van der Waals surface area contributed by atoms with Gasteiger partial charge in [-0.25, -0.2) is 4.79 Å². The van der Waals surface area contributed by atoms with Gasteiger partial charge >= 0.3 is 11.9 Å². The van der Waals surface area contributed by atoms with Gasteiger partial charge in [-0.05, 0) is 12.8 Å². The highest BCUT2D eigenvalue weighted by molar-refractivity contribution is 5.97. The molecular formula is C18H29N7O10. The molecule has 4 unspecified atom stereocenters. The number of carboxylic acid groups (broad SMARTS) is 2. The standard InChI is InChI=1S/C18H29N7O10/c19-7(1-3-11(20)26)15(31)24-10(6-14(29)30)17(33)25-9(5-13(22)28)16(32)23-8(18(34)35)2-4-12(21)27/h7-10H,1-6,19H2,(H2,20,26)(H2,21,27)(H2,22,28)(H,23,32)(H,24,31)(H,25,33)(H,29,30)(H,34,35). The summed E-state index contributed by atoms with van der Waals surface area (Å²) < 4.78 is 0. The summed E-state index contributed by atoms with van der Waals surface area (Å²) in [5.74, 6) is -9.14. The van der Waals surface area contributed by atoms with E-state index in [9.17, 15) is 43.5 Å². The highest BCUT2D eigenvalue weighted by Crippen LogP contribution is 2.03. The molecule has 0 aromatic carbocycles. The first kappa shape index (κ1) is 30.7. The van der Waals surface area contributed by atoms with Gasteiger partial charge in [0.1, 0.15) is 18.1 Å². The second-order valence-electron chi connectivity index (χ2n) is 7.41. The zero-order chi connectivity index (χ0) is 27.3. The number of hydrogen-bond donors (Lipinski definition) is 9. The first-order chi connectivity index (χ1) is 16.1. The third-order valence-corrected chi connectivity index (χ3v) is 4.38. The van der Waals surface area contributed by atoms with Crippen LogP contribution in [0.2, 0.25) is 0 Å². The summed E-state index contributed by atoms with van der Waals surface area (Å²) in [6.07, 6.45) is -3.02. The maximum atomic E-state index is 12.6. The molecule has 0 saturated heterocycles. The summed E-state index contributed by atoms with van der Waals surface area (Å²) >= 11 is 0. The van der Waals surface area contributed by atoms with E-state index in [4.69, 9.17) is 28.0 Å². The molecule has 35 heavy (non-hydrogen) atoms. The number of hydrogen-bond acceptors (Lipinski definition) is 9. The Morgan fingerprint density at radius 3 is 1.46 bits per heavy atom. The molecule has 0 radical (unpaired) electrons. The van der Waals surface area contributed by atoms with Crippen molar-refractivity contribution in [2.75, 3.05) is 0 Å². The van der Waals surface area contributed by atoms with Crippen molar-refractivity contribution in [2.45, 2.75) is 62.7 Å². The van der Waals surface area contributed by atoms with Crippen molar-refractivity contribution in [3.8, 4) is 0 Å². The van der Waals surface area contributed by atoms with Gasteiger partial charge < -0.3 is 49.1 Å². The van der Waals surface area contributed by atoms with E-state index in [-0.39, 0.29) is 12.8 Å². The smallest absolute Gasteiger partial charge is 0.326 e. The third-order valence-electron chi connectivity index (χ3n) is 4.38. The van der Waals surface area contributed by atoms with E-state index in [1.54, 1.807) is 0 Å². The van der Waals surface area contributed by atoms with E-state index in [1.165, 1.54) is 0 Å². The fourth-order valence-corrected chi connectivity index (χ4v) is 2.59. The Bertz CT molecular complexity index is 863. The van der Waals surface area contributed by atoms with Crippen molar-refractivity contribution in [2.24, 2.45) is 22.9 Å². The van der Waals surface area contributed by atoms with Gasteiger partial charge in [0.25, 0.3) is 0 Å². The Hall–Kier alpha value is -4.28. The van der Waals surface area contributed by atoms with E-state index in [2.05, 4.69) is 5.32 Å².